The van der Waals surface area contributed by atoms with Gasteiger partial charge in [-0.15, -0.1) is 0 Å². The van der Waals surface area contributed by atoms with Crippen molar-refractivity contribution in [1.29, 1.82) is 0 Å². The molecular formula is C11H13ClN2O2. The summed E-state index contributed by atoms with van der Waals surface area (Å²) in [7, 11) is 0. The normalized spacial score (nSPS) is 9.69. The van der Waals surface area contributed by atoms with Crippen LogP contribution in [-0.2, 0) is 0 Å². The summed E-state index contributed by atoms with van der Waals surface area (Å²) in [5.41, 5.74) is 1.62. The summed E-state index contributed by atoms with van der Waals surface area (Å²) in [5.74, 6) is 0. The average Bonchev–Trinajstić information content (AvgIpc) is 2.16. The molecule has 0 spiro atoms. The first kappa shape index (κ1) is 12.5. The minimum absolute atomic E-state index is 0.0338. The number of nitrogens with zero attached hydrogens (tertiary/aromatic N) is 1. The third kappa shape index (κ3) is 3.55. The maximum atomic E-state index is 10.7. The topological polar surface area (TPSA) is 55.2 Å². The van der Waals surface area contributed by atoms with E-state index in [9.17, 15) is 10.1 Å². The molecule has 1 aromatic rings. The number of benzene rings is 1. The van der Waals surface area contributed by atoms with Gasteiger partial charge >= 0.3 is 0 Å². The molecule has 86 valence electrons. The van der Waals surface area contributed by atoms with Crippen LogP contribution in [0.3, 0.4) is 0 Å². The Morgan fingerprint density at radius 1 is 1.56 bits per heavy atom. The molecule has 1 rings (SSSR count). The van der Waals surface area contributed by atoms with Gasteiger partial charge in [0.05, 0.1) is 4.92 Å². The summed E-state index contributed by atoms with van der Waals surface area (Å²) in [4.78, 5) is 10.3. The minimum Gasteiger partial charge on any atom is -0.376 e. The number of allylic oxidation sites excluding steroid dienone is 1. The van der Waals surface area contributed by atoms with E-state index in [1.54, 1.807) is 6.07 Å². The molecule has 0 saturated heterocycles. The molecule has 1 N–H and O–H groups in total. The van der Waals surface area contributed by atoms with Crippen LogP contribution in [0, 0.1) is 10.1 Å². The highest BCUT2D eigenvalue weighted by Crippen LogP contribution is 2.27. The molecule has 0 aromatic heterocycles. The van der Waals surface area contributed by atoms with Gasteiger partial charge in [0.15, 0.2) is 0 Å². The van der Waals surface area contributed by atoms with Crippen LogP contribution in [0.2, 0.25) is 5.02 Å². The van der Waals surface area contributed by atoms with Crippen molar-refractivity contribution in [3.63, 3.8) is 0 Å². The molecule has 0 bridgehead atoms. The van der Waals surface area contributed by atoms with Crippen LogP contribution in [0.4, 0.5) is 11.4 Å². The summed E-state index contributed by atoms with van der Waals surface area (Å²) in [6.45, 7) is 4.48. The molecule has 5 heteroatoms. The monoisotopic (exact) mass is 240 g/mol. The Kier molecular flexibility index (Phi) is 4.31. The van der Waals surface area contributed by atoms with Crippen LogP contribution in [-0.4, -0.2) is 11.5 Å². The highest BCUT2D eigenvalue weighted by Gasteiger charge is 2.12. The Morgan fingerprint density at radius 2 is 2.25 bits per heavy atom. The second-order valence-electron chi connectivity index (χ2n) is 3.58. The number of nitro groups is 1. The van der Waals surface area contributed by atoms with Crippen LogP contribution < -0.4 is 5.32 Å². The molecule has 0 radical (unpaired) electrons. The molecule has 0 aliphatic rings. The molecule has 0 amide bonds. The lowest BCUT2D eigenvalue weighted by Crippen LogP contribution is -2.02. The summed E-state index contributed by atoms with van der Waals surface area (Å²) in [6.07, 6.45) is 1.95. The van der Waals surface area contributed by atoms with Crippen molar-refractivity contribution in [1.82, 2.24) is 0 Å². The van der Waals surface area contributed by atoms with E-state index in [1.807, 2.05) is 19.9 Å². The molecule has 16 heavy (non-hydrogen) atoms. The van der Waals surface area contributed by atoms with Crippen LogP contribution in [0.25, 0.3) is 0 Å². The number of nitrogens with one attached hydrogen (secondary N) is 1. The van der Waals surface area contributed by atoms with E-state index in [4.69, 9.17) is 11.6 Å². The fraction of sp³-hybridized carbons (Fsp3) is 0.273. The molecule has 1 aromatic carbocycles. The van der Waals surface area contributed by atoms with Gasteiger partial charge in [-0.3, -0.25) is 10.1 Å². The van der Waals surface area contributed by atoms with Gasteiger partial charge in [0.1, 0.15) is 5.69 Å². The quantitative estimate of drug-likeness (QED) is 0.497. The second-order valence-corrected chi connectivity index (χ2v) is 4.02. The van der Waals surface area contributed by atoms with Crippen LogP contribution in [0.5, 0.6) is 0 Å². The van der Waals surface area contributed by atoms with Crippen molar-refractivity contribution in [2.75, 3.05) is 11.9 Å². The summed E-state index contributed by atoms with van der Waals surface area (Å²) in [5, 5.41) is 14.2. The van der Waals surface area contributed by atoms with Crippen molar-refractivity contribution in [2.45, 2.75) is 13.8 Å². The van der Waals surface area contributed by atoms with Gasteiger partial charge < -0.3 is 5.32 Å². The molecule has 0 aliphatic heterocycles. The average molecular weight is 241 g/mol. The van der Waals surface area contributed by atoms with E-state index in [-0.39, 0.29) is 5.69 Å². The molecule has 4 nitrogen and oxygen atoms in total. The van der Waals surface area contributed by atoms with Crippen molar-refractivity contribution in [3.05, 3.63) is 45.0 Å². The number of hydrogen-bond acceptors (Lipinski definition) is 3. The summed E-state index contributed by atoms with van der Waals surface area (Å²) in [6, 6.07) is 4.46. The van der Waals surface area contributed by atoms with Crippen molar-refractivity contribution in [3.8, 4) is 0 Å². The van der Waals surface area contributed by atoms with E-state index >= 15 is 0 Å². The van der Waals surface area contributed by atoms with E-state index < -0.39 is 4.92 Å². The second kappa shape index (κ2) is 5.51. The van der Waals surface area contributed by atoms with Gasteiger partial charge in [0.2, 0.25) is 0 Å². The van der Waals surface area contributed by atoms with Gasteiger partial charge in [-0.05, 0) is 26.0 Å². The first-order valence-corrected chi connectivity index (χ1v) is 5.19. The predicted octanol–water partition coefficient (Wildman–Crippen LogP) is 3.63. The summed E-state index contributed by atoms with van der Waals surface area (Å²) >= 11 is 5.78. The lowest BCUT2D eigenvalue weighted by Gasteiger charge is -2.05. The fourth-order valence-electron chi connectivity index (χ4n) is 1.17. The van der Waals surface area contributed by atoms with Crippen molar-refractivity contribution in [2.24, 2.45) is 0 Å². The first-order valence-electron chi connectivity index (χ1n) is 4.82. The van der Waals surface area contributed by atoms with Crippen molar-refractivity contribution >= 4 is 23.0 Å². The van der Waals surface area contributed by atoms with Gasteiger partial charge in [0.25, 0.3) is 5.69 Å². The van der Waals surface area contributed by atoms with E-state index in [2.05, 4.69) is 5.32 Å². The number of halogens is 1. The first-order chi connectivity index (χ1) is 7.50. The largest absolute Gasteiger partial charge is 0.376 e. The molecular weight excluding hydrogens is 228 g/mol. The third-order valence-electron chi connectivity index (χ3n) is 1.96. The van der Waals surface area contributed by atoms with E-state index in [0.717, 1.165) is 5.57 Å². The van der Waals surface area contributed by atoms with Crippen LogP contribution >= 0.6 is 11.6 Å². The Labute approximate surface area is 99.1 Å². The fourth-order valence-corrected chi connectivity index (χ4v) is 1.35. The molecule has 0 saturated carbocycles. The molecule has 0 aliphatic carbocycles. The standard InChI is InChI=1S/C11H13ClN2O2/c1-8(2)5-6-13-10-7-9(12)3-4-11(10)14(15)16/h3-5,7,13H,6H2,1-2H3. The molecule has 0 fully saturated rings. The number of anilines is 1. The van der Waals surface area contributed by atoms with Gasteiger partial charge in [-0.25, -0.2) is 0 Å². The highest BCUT2D eigenvalue weighted by atomic mass is 35.5. The maximum Gasteiger partial charge on any atom is 0.292 e. The molecule has 0 heterocycles. The minimum atomic E-state index is -0.429. The smallest absolute Gasteiger partial charge is 0.292 e. The number of hydrogen-bond donors (Lipinski definition) is 1. The van der Waals surface area contributed by atoms with E-state index in [1.165, 1.54) is 12.1 Å². The Balaban J connectivity index is 2.88. The highest BCUT2D eigenvalue weighted by molar-refractivity contribution is 6.31. The van der Waals surface area contributed by atoms with Crippen LogP contribution in [0.1, 0.15) is 13.8 Å². The Morgan fingerprint density at radius 3 is 2.81 bits per heavy atom. The van der Waals surface area contributed by atoms with Crippen molar-refractivity contribution < 1.29 is 4.92 Å². The Hall–Kier alpha value is -1.55. The van der Waals surface area contributed by atoms with Gasteiger partial charge in [-0.2, -0.15) is 0 Å². The Bertz CT molecular complexity index is 426. The lowest BCUT2D eigenvalue weighted by molar-refractivity contribution is -0.383. The number of nitro benzene ring substituents is 1. The number of rotatable bonds is 4. The third-order valence-corrected chi connectivity index (χ3v) is 2.19. The summed E-state index contributed by atoms with van der Waals surface area (Å²) < 4.78 is 0. The molecule has 0 atom stereocenters. The van der Waals surface area contributed by atoms with Crippen LogP contribution in [0.15, 0.2) is 29.8 Å². The van der Waals surface area contributed by atoms with E-state index in [0.29, 0.717) is 17.3 Å². The zero-order valence-corrected chi connectivity index (χ0v) is 9.91. The molecule has 0 unspecified atom stereocenters. The lowest BCUT2D eigenvalue weighted by atomic mass is 10.2. The predicted molar refractivity (Wildman–Crippen MR) is 66.0 cm³/mol. The van der Waals surface area contributed by atoms with Gasteiger partial charge in [-0.1, -0.05) is 23.3 Å². The van der Waals surface area contributed by atoms with Gasteiger partial charge in [0, 0.05) is 17.6 Å². The zero-order chi connectivity index (χ0) is 12.1. The maximum absolute atomic E-state index is 10.7. The SMILES string of the molecule is CC(C)=CCNc1cc(Cl)ccc1[N+](=O)[O-]. The zero-order valence-electron chi connectivity index (χ0n) is 9.16.